The van der Waals surface area contributed by atoms with Gasteiger partial charge in [0.1, 0.15) is 0 Å². The monoisotopic (exact) mass is 382 g/mol. The molecule has 6 nitrogen and oxygen atoms in total. The van der Waals surface area contributed by atoms with Crippen LogP contribution in [-0.2, 0) is 9.59 Å². The maximum atomic E-state index is 12.7. The van der Waals surface area contributed by atoms with Gasteiger partial charge in [-0.05, 0) is 92.9 Å². The zero-order valence-corrected chi connectivity index (χ0v) is 18.2. The summed E-state index contributed by atoms with van der Waals surface area (Å²) in [7, 11) is 0. The molecule has 0 aromatic heterocycles. The largest absolute Gasteiger partial charge is 0.480 e. The van der Waals surface area contributed by atoms with E-state index in [1.165, 1.54) is 0 Å². The van der Waals surface area contributed by atoms with E-state index in [4.69, 9.17) is 0 Å². The van der Waals surface area contributed by atoms with Gasteiger partial charge >= 0.3 is 11.9 Å². The van der Waals surface area contributed by atoms with Crippen molar-refractivity contribution in [3.8, 4) is 0 Å². The second kappa shape index (κ2) is 6.45. The number of carboxylic acid groups (broad SMARTS) is 2. The minimum atomic E-state index is -1.78. The first kappa shape index (κ1) is 22.2. The van der Waals surface area contributed by atoms with Gasteiger partial charge in [-0.15, -0.1) is 0 Å². The average molecular weight is 383 g/mol. The molecule has 156 valence electrons. The van der Waals surface area contributed by atoms with Crippen LogP contribution in [0.4, 0.5) is 0 Å². The summed E-state index contributed by atoms with van der Waals surface area (Å²) in [6.07, 6.45) is 2.11. The van der Waals surface area contributed by atoms with Crippen molar-refractivity contribution in [3.63, 3.8) is 0 Å². The van der Waals surface area contributed by atoms with Gasteiger partial charge in [-0.2, -0.15) is 0 Å². The maximum Gasteiger partial charge on any atom is 0.321 e. The number of carbonyl (C=O) groups is 2. The normalized spacial score (nSPS) is 27.9. The van der Waals surface area contributed by atoms with Gasteiger partial charge in [-0.1, -0.05) is 0 Å². The molecule has 0 saturated carbocycles. The molecule has 4 N–H and O–H groups in total. The highest BCUT2D eigenvalue weighted by Gasteiger charge is 2.63. The fourth-order valence-electron chi connectivity index (χ4n) is 6.41. The van der Waals surface area contributed by atoms with Crippen molar-refractivity contribution in [1.82, 2.24) is 10.6 Å². The lowest BCUT2D eigenvalue weighted by molar-refractivity contribution is -0.182. The number of nitrogens with one attached hydrogen (secondary N) is 2. The highest BCUT2D eigenvalue weighted by molar-refractivity contribution is 5.99. The third-order valence-electron chi connectivity index (χ3n) is 6.38. The van der Waals surface area contributed by atoms with Gasteiger partial charge < -0.3 is 20.8 Å². The van der Waals surface area contributed by atoms with Crippen LogP contribution in [0.3, 0.4) is 0 Å². The van der Waals surface area contributed by atoms with Crippen LogP contribution in [0.15, 0.2) is 0 Å². The summed E-state index contributed by atoms with van der Waals surface area (Å²) >= 11 is 0. The second-order valence-electron chi connectivity index (χ2n) is 11.5. The van der Waals surface area contributed by atoms with Crippen LogP contribution >= 0.6 is 0 Å². The Balaban J connectivity index is 2.60. The average Bonchev–Trinajstić information content (AvgIpc) is 2.29. The third-order valence-corrected chi connectivity index (χ3v) is 6.38. The molecule has 2 fully saturated rings. The molecule has 0 spiro atoms. The number of hydrogen-bond acceptors (Lipinski definition) is 4. The lowest BCUT2D eigenvalue weighted by atomic mass is 9.54. The second-order valence-corrected chi connectivity index (χ2v) is 11.5. The van der Waals surface area contributed by atoms with E-state index < -0.39 is 29.2 Å². The van der Waals surface area contributed by atoms with Crippen LogP contribution in [0.2, 0.25) is 0 Å². The van der Waals surface area contributed by atoms with Crippen LogP contribution in [0.1, 0.15) is 81.1 Å². The molecule has 2 aliphatic rings. The van der Waals surface area contributed by atoms with Gasteiger partial charge in [0, 0.05) is 22.2 Å². The van der Waals surface area contributed by atoms with Crippen molar-refractivity contribution in [1.29, 1.82) is 0 Å². The van der Waals surface area contributed by atoms with E-state index in [0.717, 1.165) is 0 Å². The Kier molecular flexibility index (Phi) is 5.29. The molecule has 0 unspecified atom stereocenters. The number of hydrogen-bond donors (Lipinski definition) is 4. The predicted molar refractivity (Wildman–Crippen MR) is 106 cm³/mol. The molecule has 2 heterocycles. The topological polar surface area (TPSA) is 98.7 Å². The van der Waals surface area contributed by atoms with E-state index >= 15 is 0 Å². The molecular formula is C21H38N2O4. The van der Waals surface area contributed by atoms with Crippen LogP contribution in [0.5, 0.6) is 0 Å². The Bertz CT molecular complexity index is 536. The third kappa shape index (κ3) is 4.32. The summed E-state index contributed by atoms with van der Waals surface area (Å²) in [6, 6.07) is 0. The van der Waals surface area contributed by atoms with E-state index in [1.807, 2.05) is 55.4 Å². The van der Waals surface area contributed by atoms with Crippen molar-refractivity contribution < 1.29 is 19.8 Å². The van der Waals surface area contributed by atoms with E-state index in [2.05, 4.69) is 10.6 Å². The first-order valence-corrected chi connectivity index (χ1v) is 9.98. The lowest BCUT2D eigenvalue weighted by Crippen LogP contribution is -2.67. The van der Waals surface area contributed by atoms with Gasteiger partial charge in [0.2, 0.25) is 0 Å². The first-order valence-electron chi connectivity index (χ1n) is 9.98. The quantitative estimate of drug-likeness (QED) is 0.557. The van der Waals surface area contributed by atoms with Crippen LogP contribution in [-0.4, -0.2) is 44.3 Å². The molecule has 0 aromatic carbocycles. The minimum absolute atomic E-state index is 0.319. The number of rotatable bonds is 4. The zero-order valence-electron chi connectivity index (χ0n) is 18.2. The van der Waals surface area contributed by atoms with Gasteiger partial charge in [0.25, 0.3) is 0 Å². The summed E-state index contributed by atoms with van der Waals surface area (Å²) in [5, 5.41) is 27.8. The maximum absolute atomic E-state index is 12.7. The van der Waals surface area contributed by atoms with Gasteiger partial charge in [-0.3, -0.25) is 9.59 Å². The minimum Gasteiger partial charge on any atom is -0.480 e. The molecule has 0 radical (unpaired) electrons. The van der Waals surface area contributed by atoms with Crippen LogP contribution < -0.4 is 10.6 Å². The summed E-state index contributed by atoms with van der Waals surface area (Å²) < 4.78 is 0. The van der Waals surface area contributed by atoms with E-state index in [0.29, 0.717) is 25.7 Å². The summed E-state index contributed by atoms with van der Waals surface area (Å²) in [6.45, 7) is 16.3. The molecule has 2 rings (SSSR count). The Morgan fingerprint density at radius 1 is 0.667 bits per heavy atom. The highest BCUT2D eigenvalue weighted by Crippen LogP contribution is 2.53. The van der Waals surface area contributed by atoms with Crippen molar-refractivity contribution in [2.45, 2.75) is 103 Å². The summed E-state index contributed by atoms with van der Waals surface area (Å²) in [4.78, 5) is 25.4. The van der Waals surface area contributed by atoms with Gasteiger partial charge in [0.15, 0.2) is 5.41 Å². The number of aliphatic carboxylic acids is 2. The summed E-state index contributed by atoms with van der Waals surface area (Å²) in [5.41, 5.74) is -3.06. The SMILES string of the molecule is CC1(C)CC(C(C(=O)O)(C(=O)O)C2CC(C)(C)NC(C)(C)C2)CC(C)(C)N1. The first-order chi connectivity index (χ1) is 11.9. The Hall–Kier alpha value is -1.14. The predicted octanol–water partition coefficient (Wildman–Crippen LogP) is 3.26. The molecule has 0 amide bonds. The lowest BCUT2D eigenvalue weighted by Gasteiger charge is -2.55. The Labute approximate surface area is 163 Å². The fraction of sp³-hybridized carbons (Fsp3) is 0.905. The molecular weight excluding hydrogens is 344 g/mol. The van der Waals surface area contributed by atoms with Crippen LogP contribution in [0.25, 0.3) is 0 Å². The summed E-state index contributed by atoms with van der Waals surface area (Å²) in [5.74, 6) is -3.25. The molecule has 2 saturated heterocycles. The van der Waals surface area contributed by atoms with Gasteiger partial charge in [-0.25, -0.2) is 0 Å². The van der Waals surface area contributed by atoms with E-state index in [1.54, 1.807) is 0 Å². The molecule has 0 bridgehead atoms. The van der Waals surface area contributed by atoms with E-state index in [9.17, 15) is 19.8 Å². The van der Waals surface area contributed by atoms with Crippen molar-refractivity contribution in [3.05, 3.63) is 0 Å². The standard InChI is InChI=1S/C21H38N2O4/c1-17(2)9-13(10-18(3,4)22-17)21(15(24)25,16(26)27)14-11-19(5,6)23-20(7,8)12-14/h13-14,22-23H,9-12H2,1-8H3,(H,24,25)(H,26,27). The molecule has 0 aliphatic carbocycles. The molecule has 2 aliphatic heterocycles. The van der Waals surface area contributed by atoms with Crippen molar-refractivity contribution in [2.75, 3.05) is 0 Å². The van der Waals surface area contributed by atoms with Crippen molar-refractivity contribution >= 4 is 11.9 Å². The van der Waals surface area contributed by atoms with Crippen molar-refractivity contribution in [2.24, 2.45) is 17.3 Å². The smallest absolute Gasteiger partial charge is 0.321 e. The molecule has 0 atom stereocenters. The van der Waals surface area contributed by atoms with E-state index in [-0.39, 0.29) is 22.2 Å². The van der Waals surface area contributed by atoms with Gasteiger partial charge in [0.05, 0.1) is 0 Å². The zero-order chi connectivity index (χ0) is 21.1. The molecule has 6 heteroatoms. The highest BCUT2D eigenvalue weighted by atomic mass is 16.4. The Morgan fingerprint density at radius 3 is 1.07 bits per heavy atom. The number of piperidine rings is 2. The fourth-order valence-corrected chi connectivity index (χ4v) is 6.41. The van der Waals surface area contributed by atoms with Crippen LogP contribution in [0, 0.1) is 17.3 Å². The Morgan fingerprint density at radius 2 is 0.889 bits per heavy atom. The number of carboxylic acids is 2. The molecule has 0 aromatic rings. The molecule has 27 heavy (non-hydrogen) atoms.